The summed E-state index contributed by atoms with van der Waals surface area (Å²) in [6.45, 7) is 4.67. The molecule has 0 bridgehead atoms. The third-order valence-electron chi connectivity index (χ3n) is 5.66. The maximum Gasteiger partial charge on any atom is 0.154 e. The smallest absolute Gasteiger partial charge is 0.154 e. The molecular formula is C23H24N4O2S. The molecular weight excluding hydrogens is 396 g/mol. The Bertz CT molecular complexity index is 1170. The van der Waals surface area contributed by atoms with E-state index in [0.717, 1.165) is 28.1 Å². The number of benzene rings is 2. The highest BCUT2D eigenvalue weighted by Gasteiger charge is 2.32. The van der Waals surface area contributed by atoms with Gasteiger partial charge in [-0.3, -0.25) is 10.1 Å². The van der Waals surface area contributed by atoms with E-state index in [9.17, 15) is 4.79 Å². The summed E-state index contributed by atoms with van der Waals surface area (Å²) in [4.78, 5) is 12.6. The van der Waals surface area contributed by atoms with Crippen molar-refractivity contribution in [3.8, 4) is 17.0 Å². The first kappa shape index (κ1) is 19.4. The van der Waals surface area contributed by atoms with Crippen LogP contribution in [0.5, 0.6) is 5.75 Å². The van der Waals surface area contributed by atoms with Crippen molar-refractivity contribution < 1.29 is 9.53 Å². The van der Waals surface area contributed by atoms with E-state index in [-0.39, 0.29) is 11.9 Å². The summed E-state index contributed by atoms with van der Waals surface area (Å²) in [7, 11) is 0. The van der Waals surface area contributed by atoms with Crippen LogP contribution in [-0.4, -0.2) is 33.5 Å². The van der Waals surface area contributed by atoms with Gasteiger partial charge in [0.2, 0.25) is 0 Å². The van der Waals surface area contributed by atoms with Crippen molar-refractivity contribution in [2.24, 2.45) is 0 Å². The van der Waals surface area contributed by atoms with Gasteiger partial charge < -0.3 is 9.30 Å². The number of hydrogen-bond donors (Lipinski definition) is 3. The largest absolute Gasteiger partial charge is 0.459 e. The molecule has 2 aromatic carbocycles. The zero-order chi connectivity index (χ0) is 20.8. The normalized spacial score (nSPS) is 22.1. The highest BCUT2D eigenvalue weighted by molar-refractivity contribution is 7.77. The van der Waals surface area contributed by atoms with Crippen molar-refractivity contribution in [1.29, 1.82) is 0 Å². The molecule has 7 heteroatoms. The van der Waals surface area contributed by atoms with Crippen LogP contribution in [0.25, 0.3) is 22.2 Å². The molecule has 0 radical (unpaired) electrons. The minimum Gasteiger partial charge on any atom is -0.459 e. The molecule has 0 amide bonds. The first-order valence-electron chi connectivity index (χ1n) is 10.1. The number of para-hydroxylation sites is 2. The molecule has 1 aromatic heterocycles. The van der Waals surface area contributed by atoms with Gasteiger partial charge in [-0.05, 0) is 38.1 Å². The van der Waals surface area contributed by atoms with Gasteiger partial charge in [-0.1, -0.05) is 43.1 Å². The molecule has 2 aliphatic rings. The Hall–Kier alpha value is -2.58. The predicted octanol–water partition coefficient (Wildman–Crippen LogP) is 3.51. The van der Waals surface area contributed by atoms with Crippen LogP contribution < -0.4 is 15.5 Å². The van der Waals surface area contributed by atoms with Crippen LogP contribution in [0.3, 0.4) is 0 Å². The van der Waals surface area contributed by atoms with Crippen LogP contribution in [0.1, 0.15) is 13.8 Å². The third-order valence-corrected chi connectivity index (χ3v) is 5.92. The highest BCUT2D eigenvalue weighted by atomic mass is 32.1. The van der Waals surface area contributed by atoms with Crippen LogP contribution in [0, 0.1) is 0 Å². The summed E-state index contributed by atoms with van der Waals surface area (Å²) < 4.78 is 10.5. The van der Waals surface area contributed by atoms with E-state index in [1.807, 2.05) is 25.1 Å². The van der Waals surface area contributed by atoms with Crippen molar-refractivity contribution in [2.45, 2.75) is 32.6 Å². The number of fused-ring (bicyclic) bond motifs is 5. The summed E-state index contributed by atoms with van der Waals surface area (Å²) in [5, 5.41) is 4.51. The van der Waals surface area contributed by atoms with Crippen molar-refractivity contribution in [3.05, 3.63) is 65.9 Å². The second-order valence-electron chi connectivity index (χ2n) is 7.86. The molecule has 0 aliphatic carbocycles. The Labute approximate surface area is 181 Å². The van der Waals surface area contributed by atoms with Gasteiger partial charge >= 0.3 is 0 Å². The molecule has 0 spiro atoms. The van der Waals surface area contributed by atoms with Crippen LogP contribution in [0.2, 0.25) is 0 Å². The number of carbonyl (C=O) groups excluding carboxylic acids is 1. The number of rotatable bonds is 1. The van der Waals surface area contributed by atoms with Crippen molar-refractivity contribution >= 4 is 29.5 Å². The van der Waals surface area contributed by atoms with Crippen molar-refractivity contribution in [1.82, 2.24) is 19.7 Å². The number of hydrazine groups is 1. The molecule has 30 heavy (non-hydrogen) atoms. The molecule has 3 heterocycles. The molecule has 154 valence electrons. The number of ether oxygens (including phenoxy) is 1. The molecule has 2 N–H and O–H groups in total. The van der Waals surface area contributed by atoms with E-state index in [1.165, 1.54) is 5.39 Å². The third kappa shape index (κ3) is 3.33. The topological polar surface area (TPSA) is 58.5 Å². The lowest BCUT2D eigenvalue weighted by Crippen LogP contribution is -2.55. The SMILES string of the molecule is CC(=O)C1NC(C)NN(S)CC2=C1Oc1ccccc1-c1cc3ccccc3n1C2. The predicted molar refractivity (Wildman–Crippen MR) is 121 cm³/mol. The lowest BCUT2D eigenvalue weighted by atomic mass is 10.0. The summed E-state index contributed by atoms with van der Waals surface area (Å²) in [6.07, 6.45) is -0.141. The van der Waals surface area contributed by atoms with Gasteiger partial charge in [0.15, 0.2) is 5.78 Å². The van der Waals surface area contributed by atoms with E-state index < -0.39 is 6.04 Å². The van der Waals surface area contributed by atoms with Gasteiger partial charge in [-0.15, -0.1) is 0 Å². The lowest BCUT2D eigenvalue weighted by Gasteiger charge is -2.34. The summed E-state index contributed by atoms with van der Waals surface area (Å²) >= 11 is 4.58. The standard InChI is InChI=1S/C23H24N4O2S/c1-14(28)22-23-17(13-27(30)25-15(2)24-22)12-26-19-9-5-3-7-16(19)11-20(26)18-8-4-6-10-21(18)29-23/h3-11,15,22,24-25,30H,12-13H2,1-2H3. The number of hydrogen-bond acceptors (Lipinski definition) is 6. The number of thiol groups is 1. The fraction of sp³-hybridized carbons (Fsp3) is 0.261. The first-order chi connectivity index (χ1) is 14.5. The molecule has 2 unspecified atom stereocenters. The summed E-state index contributed by atoms with van der Waals surface area (Å²) in [5.41, 5.74) is 7.50. The van der Waals surface area contributed by atoms with Crippen LogP contribution in [0.15, 0.2) is 65.9 Å². The Morgan fingerprint density at radius 1 is 1.13 bits per heavy atom. The van der Waals surface area contributed by atoms with E-state index in [1.54, 1.807) is 11.3 Å². The van der Waals surface area contributed by atoms with Crippen molar-refractivity contribution in [3.63, 3.8) is 0 Å². The quantitative estimate of drug-likeness (QED) is 0.526. The Kier molecular flexibility index (Phi) is 4.91. The Balaban J connectivity index is 1.78. The zero-order valence-corrected chi connectivity index (χ0v) is 17.8. The van der Waals surface area contributed by atoms with Gasteiger partial charge in [0, 0.05) is 28.6 Å². The number of aromatic nitrogens is 1. The molecule has 2 aliphatic heterocycles. The minimum atomic E-state index is -0.541. The molecule has 3 aromatic rings. The van der Waals surface area contributed by atoms with Crippen LogP contribution >= 0.6 is 12.8 Å². The second-order valence-corrected chi connectivity index (χ2v) is 8.34. The molecule has 2 atom stereocenters. The van der Waals surface area contributed by atoms with Gasteiger partial charge in [-0.2, -0.15) is 4.41 Å². The molecule has 0 saturated heterocycles. The van der Waals surface area contributed by atoms with Crippen molar-refractivity contribution in [2.75, 3.05) is 6.54 Å². The summed E-state index contributed by atoms with van der Waals surface area (Å²) in [5.74, 6) is 1.42. The number of Topliss-reactive ketones (excluding diaryl/α,β-unsaturated/α-hetero) is 1. The van der Waals surface area contributed by atoms with Crippen LogP contribution in [-0.2, 0) is 11.3 Å². The molecule has 6 nitrogen and oxygen atoms in total. The molecule has 5 rings (SSSR count). The Morgan fingerprint density at radius 3 is 2.73 bits per heavy atom. The number of nitrogens with zero attached hydrogens (tertiary/aromatic N) is 2. The zero-order valence-electron chi connectivity index (χ0n) is 16.9. The maximum atomic E-state index is 12.6. The van der Waals surface area contributed by atoms with Gasteiger partial charge in [0.25, 0.3) is 0 Å². The fourth-order valence-corrected chi connectivity index (χ4v) is 4.68. The van der Waals surface area contributed by atoms with E-state index in [2.05, 4.69) is 64.5 Å². The van der Waals surface area contributed by atoms with Gasteiger partial charge in [-0.25, -0.2) is 5.43 Å². The highest BCUT2D eigenvalue weighted by Crippen LogP contribution is 2.38. The van der Waals surface area contributed by atoms with E-state index in [0.29, 0.717) is 18.8 Å². The van der Waals surface area contributed by atoms with E-state index >= 15 is 0 Å². The number of ketones is 1. The monoisotopic (exact) mass is 420 g/mol. The first-order valence-corrected chi connectivity index (χ1v) is 10.5. The average Bonchev–Trinajstić information content (AvgIpc) is 3.06. The summed E-state index contributed by atoms with van der Waals surface area (Å²) in [6, 6.07) is 18.0. The second kappa shape index (κ2) is 7.59. The van der Waals surface area contributed by atoms with Gasteiger partial charge in [0.05, 0.1) is 18.4 Å². The number of carbonyl (C=O) groups is 1. The number of nitrogens with one attached hydrogen (secondary N) is 2. The maximum absolute atomic E-state index is 12.6. The minimum absolute atomic E-state index is 0.0133. The lowest BCUT2D eigenvalue weighted by molar-refractivity contribution is -0.119. The van der Waals surface area contributed by atoms with E-state index in [4.69, 9.17) is 4.74 Å². The average molecular weight is 421 g/mol. The molecule has 0 fully saturated rings. The molecule has 0 saturated carbocycles. The Morgan fingerprint density at radius 2 is 1.90 bits per heavy atom. The van der Waals surface area contributed by atoms with Crippen LogP contribution in [0.4, 0.5) is 0 Å². The fourth-order valence-electron chi connectivity index (χ4n) is 4.34. The van der Waals surface area contributed by atoms with Gasteiger partial charge in [0.1, 0.15) is 17.6 Å².